The van der Waals surface area contributed by atoms with E-state index in [4.69, 9.17) is 11.0 Å². The van der Waals surface area contributed by atoms with Gasteiger partial charge >= 0.3 is 0 Å². The lowest BCUT2D eigenvalue weighted by Crippen LogP contribution is -2.16. The normalized spacial score (nSPS) is 9.45. The molecule has 1 aromatic carbocycles. The van der Waals surface area contributed by atoms with Gasteiger partial charge in [0.25, 0.3) is 0 Å². The zero-order chi connectivity index (χ0) is 14.4. The second-order valence-corrected chi connectivity index (χ2v) is 5.28. The highest BCUT2D eigenvalue weighted by Gasteiger charge is 2.07. The van der Waals surface area contributed by atoms with E-state index in [1.165, 1.54) is 4.88 Å². The largest absolute Gasteiger partial charge is 0.369 e. The number of nitrogens with zero attached hydrogens (tertiary/aromatic N) is 2. The first-order chi connectivity index (χ1) is 9.74. The van der Waals surface area contributed by atoms with Crippen molar-refractivity contribution in [3.63, 3.8) is 0 Å². The van der Waals surface area contributed by atoms with Crippen LogP contribution in [0.2, 0.25) is 0 Å². The molecule has 0 fully saturated rings. The van der Waals surface area contributed by atoms with Gasteiger partial charge in [0.15, 0.2) is 0 Å². The molecular weight excluding hydrogens is 266 g/mol. The fraction of sp³-hybridized carbons (Fsp3) is 0.188. The fourth-order valence-electron chi connectivity index (χ4n) is 1.84. The van der Waals surface area contributed by atoms with Crippen LogP contribution in [-0.2, 0) is 6.54 Å². The fourth-order valence-corrected chi connectivity index (χ4v) is 2.72. The van der Waals surface area contributed by atoms with Crippen molar-refractivity contribution in [2.24, 2.45) is 5.73 Å². The molecule has 1 heterocycles. The molecule has 0 amide bonds. The molecule has 20 heavy (non-hydrogen) atoms. The number of hydrogen-bond donors (Lipinski definition) is 1. The molecule has 0 radical (unpaired) electrons. The Balaban J connectivity index is 2.17. The summed E-state index contributed by atoms with van der Waals surface area (Å²) in [4.78, 5) is 3.32. The number of nitriles is 1. The van der Waals surface area contributed by atoms with Crippen molar-refractivity contribution in [2.75, 3.05) is 18.5 Å². The Morgan fingerprint density at radius 3 is 2.95 bits per heavy atom. The topological polar surface area (TPSA) is 53.0 Å². The predicted molar refractivity (Wildman–Crippen MR) is 83.5 cm³/mol. The number of rotatable bonds is 3. The third kappa shape index (κ3) is 3.39. The van der Waals surface area contributed by atoms with Gasteiger partial charge in [-0.05, 0) is 29.6 Å². The summed E-state index contributed by atoms with van der Waals surface area (Å²) in [6.07, 6.45) is 0. The van der Waals surface area contributed by atoms with Crippen molar-refractivity contribution >= 4 is 17.0 Å². The van der Waals surface area contributed by atoms with Crippen LogP contribution in [-0.4, -0.2) is 13.6 Å². The highest BCUT2D eigenvalue weighted by atomic mass is 32.1. The van der Waals surface area contributed by atoms with E-state index >= 15 is 0 Å². The van der Waals surface area contributed by atoms with E-state index in [0.717, 1.165) is 17.8 Å². The van der Waals surface area contributed by atoms with E-state index < -0.39 is 0 Å². The highest BCUT2D eigenvalue weighted by Crippen LogP contribution is 2.22. The molecule has 4 heteroatoms. The number of benzene rings is 1. The summed E-state index contributed by atoms with van der Waals surface area (Å²) in [6, 6.07) is 11.8. The van der Waals surface area contributed by atoms with Crippen LogP contribution in [0.1, 0.15) is 16.0 Å². The van der Waals surface area contributed by atoms with Crippen LogP contribution in [0.15, 0.2) is 35.7 Å². The maximum absolute atomic E-state index is 8.95. The van der Waals surface area contributed by atoms with Crippen LogP contribution >= 0.6 is 11.3 Å². The maximum Gasteiger partial charge on any atom is 0.0992 e. The molecule has 0 aliphatic heterocycles. The van der Waals surface area contributed by atoms with Crippen LogP contribution < -0.4 is 10.6 Å². The molecule has 0 saturated carbocycles. The second kappa shape index (κ2) is 6.77. The van der Waals surface area contributed by atoms with Crippen LogP contribution in [0.4, 0.5) is 5.69 Å². The molecule has 2 rings (SSSR count). The van der Waals surface area contributed by atoms with Crippen molar-refractivity contribution in [2.45, 2.75) is 6.54 Å². The van der Waals surface area contributed by atoms with Crippen molar-refractivity contribution in [1.82, 2.24) is 0 Å². The standard InChI is InChI=1S/C16H15N3S/c1-19(15-6-2-4-13(10-15)11-18)12-16-14(5-3-8-17)7-9-20-16/h2,4,6-7,9-10H,8,12,17H2,1H3. The Morgan fingerprint density at radius 2 is 2.20 bits per heavy atom. The third-order valence-corrected chi connectivity index (χ3v) is 3.77. The number of hydrogen-bond acceptors (Lipinski definition) is 4. The van der Waals surface area contributed by atoms with Gasteiger partial charge in [0.05, 0.1) is 24.7 Å². The molecule has 100 valence electrons. The monoisotopic (exact) mass is 281 g/mol. The Hall–Kier alpha value is -2.27. The average molecular weight is 281 g/mol. The van der Waals surface area contributed by atoms with E-state index in [1.54, 1.807) is 17.4 Å². The van der Waals surface area contributed by atoms with Crippen molar-refractivity contribution < 1.29 is 0 Å². The number of anilines is 1. The minimum atomic E-state index is 0.370. The van der Waals surface area contributed by atoms with Gasteiger partial charge in [-0.25, -0.2) is 0 Å². The minimum Gasteiger partial charge on any atom is -0.369 e. The van der Waals surface area contributed by atoms with Crippen molar-refractivity contribution in [1.29, 1.82) is 5.26 Å². The first kappa shape index (κ1) is 14.1. The smallest absolute Gasteiger partial charge is 0.0992 e. The number of thiophene rings is 1. The molecular formula is C16H15N3S. The Kier molecular flexibility index (Phi) is 4.79. The molecule has 0 saturated heterocycles. The predicted octanol–water partition coefficient (Wildman–Crippen LogP) is 2.57. The molecule has 0 aliphatic carbocycles. The lowest BCUT2D eigenvalue weighted by molar-refractivity contribution is 0.938. The SMILES string of the molecule is CN(Cc1sccc1C#CCN)c1cccc(C#N)c1. The van der Waals surface area contributed by atoms with Crippen LogP contribution in [0.25, 0.3) is 0 Å². The Labute approximate surface area is 123 Å². The van der Waals surface area contributed by atoms with Crippen molar-refractivity contribution in [3.8, 4) is 17.9 Å². The highest BCUT2D eigenvalue weighted by molar-refractivity contribution is 7.10. The van der Waals surface area contributed by atoms with Crippen LogP contribution in [0.5, 0.6) is 0 Å². The summed E-state index contributed by atoms with van der Waals surface area (Å²) in [5.74, 6) is 5.97. The summed E-state index contributed by atoms with van der Waals surface area (Å²) < 4.78 is 0. The molecule has 0 atom stereocenters. The summed E-state index contributed by atoms with van der Waals surface area (Å²) in [5.41, 5.74) is 8.13. The Bertz CT molecular complexity index is 685. The van der Waals surface area contributed by atoms with E-state index in [0.29, 0.717) is 12.1 Å². The first-order valence-corrected chi connectivity index (χ1v) is 7.09. The maximum atomic E-state index is 8.95. The zero-order valence-corrected chi connectivity index (χ0v) is 12.1. The molecule has 0 aliphatic rings. The molecule has 0 unspecified atom stereocenters. The van der Waals surface area contributed by atoms with E-state index in [-0.39, 0.29) is 0 Å². The van der Waals surface area contributed by atoms with Crippen LogP contribution in [0, 0.1) is 23.2 Å². The zero-order valence-electron chi connectivity index (χ0n) is 11.3. The summed E-state index contributed by atoms with van der Waals surface area (Å²) in [5, 5.41) is 11.0. The van der Waals surface area contributed by atoms with Gasteiger partial charge in [-0.1, -0.05) is 17.9 Å². The quantitative estimate of drug-likeness (QED) is 0.880. The van der Waals surface area contributed by atoms with Gasteiger partial charge in [0.1, 0.15) is 0 Å². The van der Waals surface area contributed by atoms with Gasteiger partial charge < -0.3 is 10.6 Å². The molecule has 0 spiro atoms. The first-order valence-electron chi connectivity index (χ1n) is 6.21. The minimum absolute atomic E-state index is 0.370. The van der Waals surface area contributed by atoms with Gasteiger partial charge in [0.2, 0.25) is 0 Å². The van der Waals surface area contributed by atoms with Gasteiger partial charge in [-0.15, -0.1) is 11.3 Å². The summed E-state index contributed by atoms with van der Waals surface area (Å²) in [6.45, 7) is 1.14. The lowest BCUT2D eigenvalue weighted by atomic mass is 10.2. The summed E-state index contributed by atoms with van der Waals surface area (Å²) in [7, 11) is 2.01. The average Bonchev–Trinajstić information content (AvgIpc) is 2.92. The molecule has 2 aromatic rings. The van der Waals surface area contributed by atoms with E-state index in [1.807, 2.05) is 36.7 Å². The van der Waals surface area contributed by atoms with Gasteiger partial charge in [0, 0.05) is 23.2 Å². The molecule has 2 N–H and O–H groups in total. The van der Waals surface area contributed by atoms with Gasteiger partial charge in [-0.2, -0.15) is 5.26 Å². The molecule has 0 bridgehead atoms. The third-order valence-electron chi connectivity index (χ3n) is 2.87. The summed E-state index contributed by atoms with van der Waals surface area (Å²) >= 11 is 1.68. The molecule has 1 aromatic heterocycles. The van der Waals surface area contributed by atoms with E-state index in [9.17, 15) is 0 Å². The van der Waals surface area contributed by atoms with Crippen LogP contribution in [0.3, 0.4) is 0 Å². The van der Waals surface area contributed by atoms with E-state index in [2.05, 4.69) is 22.8 Å². The van der Waals surface area contributed by atoms with Gasteiger partial charge in [-0.3, -0.25) is 0 Å². The number of nitrogens with two attached hydrogens (primary N) is 1. The Morgan fingerprint density at radius 1 is 1.35 bits per heavy atom. The van der Waals surface area contributed by atoms with Crippen molar-refractivity contribution in [3.05, 3.63) is 51.7 Å². The molecule has 3 nitrogen and oxygen atoms in total. The lowest BCUT2D eigenvalue weighted by Gasteiger charge is -2.19. The second-order valence-electron chi connectivity index (χ2n) is 4.28.